The van der Waals surface area contributed by atoms with Gasteiger partial charge in [-0.25, -0.2) is 4.79 Å². The van der Waals surface area contributed by atoms with E-state index in [-0.39, 0.29) is 5.56 Å². The SMILES string of the molecule is Cc1ccccc1NCCOc1ccccc1C(=O)O. The monoisotopic (exact) mass is 271 g/mol. The minimum Gasteiger partial charge on any atom is -0.491 e. The molecule has 0 saturated heterocycles. The third-order valence-corrected chi connectivity index (χ3v) is 2.94. The Labute approximate surface area is 118 Å². The van der Waals surface area contributed by atoms with E-state index in [1.165, 1.54) is 11.6 Å². The summed E-state index contributed by atoms with van der Waals surface area (Å²) in [7, 11) is 0. The van der Waals surface area contributed by atoms with Crippen LogP contribution in [0.5, 0.6) is 5.75 Å². The number of benzene rings is 2. The summed E-state index contributed by atoms with van der Waals surface area (Å²) < 4.78 is 5.52. The molecule has 0 radical (unpaired) electrons. The lowest BCUT2D eigenvalue weighted by Gasteiger charge is -2.11. The van der Waals surface area contributed by atoms with Crippen LogP contribution in [-0.2, 0) is 0 Å². The molecule has 2 N–H and O–H groups in total. The summed E-state index contributed by atoms with van der Waals surface area (Å²) in [5.74, 6) is -0.584. The molecule has 4 nitrogen and oxygen atoms in total. The van der Waals surface area contributed by atoms with Crippen molar-refractivity contribution in [2.45, 2.75) is 6.92 Å². The lowest BCUT2D eigenvalue weighted by atomic mass is 10.2. The van der Waals surface area contributed by atoms with Gasteiger partial charge in [-0.15, -0.1) is 0 Å². The highest BCUT2D eigenvalue weighted by Gasteiger charge is 2.09. The zero-order chi connectivity index (χ0) is 14.4. The molecule has 104 valence electrons. The number of aromatic carboxylic acids is 1. The molecule has 4 heteroatoms. The summed E-state index contributed by atoms with van der Waals surface area (Å²) >= 11 is 0. The fourth-order valence-electron chi connectivity index (χ4n) is 1.89. The average Bonchev–Trinajstić information content (AvgIpc) is 2.45. The van der Waals surface area contributed by atoms with Crippen LogP contribution in [0.1, 0.15) is 15.9 Å². The van der Waals surface area contributed by atoms with Crippen molar-refractivity contribution in [3.63, 3.8) is 0 Å². The Kier molecular flexibility index (Phi) is 4.60. The van der Waals surface area contributed by atoms with Gasteiger partial charge in [0.05, 0.1) is 0 Å². The second kappa shape index (κ2) is 6.61. The zero-order valence-electron chi connectivity index (χ0n) is 11.3. The zero-order valence-corrected chi connectivity index (χ0v) is 11.3. The van der Waals surface area contributed by atoms with Crippen molar-refractivity contribution in [2.75, 3.05) is 18.5 Å². The van der Waals surface area contributed by atoms with Crippen LogP contribution in [0.3, 0.4) is 0 Å². The summed E-state index contributed by atoms with van der Waals surface area (Å²) in [5, 5.41) is 12.3. The maximum absolute atomic E-state index is 11.0. The fourth-order valence-corrected chi connectivity index (χ4v) is 1.89. The van der Waals surface area contributed by atoms with Gasteiger partial charge < -0.3 is 15.2 Å². The number of ether oxygens (including phenoxy) is 1. The molecule has 0 saturated carbocycles. The van der Waals surface area contributed by atoms with Crippen molar-refractivity contribution in [3.8, 4) is 5.75 Å². The molecule has 0 bridgehead atoms. The second-order valence-corrected chi connectivity index (χ2v) is 4.39. The Hall–Kier alpha value is -2.49. The summed E-state index contributed by atoms with van der Waals surface area (Å²) in [6.45, 7) is 3.04. The van der Waals surface area contributed by atoms with Crippen molar-refractivity contribution >= 4 is 11.7 Å². The summed E-state index contributed by atoms with van der Waals surface area (Å²) in [6.07, 6.45) is 0. The third kappa shape index (κ3) is 3.51. The molecule has 2 aromatic rings. The second-order valence-electron chi connectivity index (χ2n) is 4.39. The predicted octanol–water partition coefficient (Wildman–Crippen LogP) is 3.18. The molecule has 0 aromatic heterocycles. The number of hydrogen-bond donors (Lipinski definition) is 2. The summed E-state index contributed by atoms with van der Waals surface area (Å²) in [4.78, 5) is 11.0. The van der Waals surface area contributed by atoms with Crippen LogP contribution in [-0.4, -0.2) is 24.2 Å². The first kappa shape index (κ1) is 13.9. The molecule has 0 heterocycles. The topological polar surface area (TPSA) is 58.6 Å². The number of aryl methyl sites for hydroxylation is 1. The standard InChI is InChI=1S/C16H17NO3/c1-12-6-2-4-8-14(12)17-10-11-20-15-9-5-3-7-13(15)16(18)19/h2-9,17H,10-11H2,1H3,(H,18,19). The Balaban J connectivity index is 1.88. The Morgan fingerprint density at radius 2 is 1.85 bits per heavy atom. The van der Waals surface area contributed by atoms with Crippen LogP contribution in [0.2, 0.25) is 0 Å². The highest BCUT2D eigenvalue weighted by atomic mass is 16.5. The van der Waals surface area contributed by atoms with E-state index in [1.807, 2.05) is 31.2 Å². The smallest absolute Gasteiger partial charge is 0.339 e. The van der Waals surface area contributed by atoms with Crippen molar-refractivity contribution in [1.82, 2.24) is 0 Å². The van der Waals surface area contributed by atoms with E-state index >= 15 is 0 Å². The normalized spacial score (nSPS) is 10.1. The van der Waals surface area contributed by atoms with Gasteiger partial charge in [-0.3, -0.25) is 0 Å². The number of rotatable bonds is 6. The van der Waals surface area contributed by atoms with Gasteiger partial charge >= 0.3 is 5.97 Å². The first-order valence-electron chi connectivity index (χ1n) is 6.43. The van der Waals surface area contributed by atoms with Gasteiger partial charge in [0, 0.05) is 12.2 Å². The van der Waals surface area contributed by atoms with Crippen LogP contribution < -0.4 is 10.1 Å². The van der Waals surface area contributed by atoms with Crippen LogP contribution in [0.15, 0.2) is 48.5 Å². The average molecular weight is 271 g/mol. The maximum atomic E-state index is 11.0. The van der Waals surface area contributed by atoms with Gasteiger partial charge in [0.1, 0.15) is 17.9 Å². The molecule has 0 aliphatic heterocycles. The van der Waals surface area contributed by atoms with Crippen LogP contribution in [0.4, 0.5) is 5.69 Å². The Bertz CT molecular complexity index is 596. The molecular formula is C16H17NO3. The molecule has 20 heavy (non-hydrogen) atoms. The van der Waals surface area contributed by atoms with E-state index in [0.29, 0.717) is 18.9 Å². The summed E-state index contributed by atoms with van der Waals surface area (Å²) in [6, 6.07) is 14.6. The molecule has 0 aliphatic carbocycles. The summed E-state index contributed by atoms with van der Waals surface area (Å²) in [5.41, 5.74) is 2.41. The lowest BCUT2D eigenvalue weighted by Crippen LogP contribution is -2.13. The number of carboxylic acid groups (broad SMARTS) is 1. The highest BCUT2D eigenvalue weighted by molar-refractivity contribution is 5.90. The van der Waals surface area contributed by atoms with Gasteiger partial charge in [0.25, 0.3) is 0 Å². The van der Waals surface area contributed by atoms with Crippen molar-refractivity contribution in [2.24, 2.45) is 0 Å². The van der Waals surface area contributed by atoms with Gasteiger partial charge in [-0.1, -0.05) is 30.3 Å². The minimum absolute atomic E-state index is 0.184. The van der Waals surface area contributed by atoms with Crippen LogP contribution in [0.25, 0.3) is 0 Å². The van der Waals surface area contributed by atoms with Gasteiger partial charge in [-0.2, -0.15) is 0 Å². The molecular weight excluding hydrogens is 254 g/mol. The number of carboxylic acids is 1. The first-order chi connectivity index (χ1) is 9.68. The lowest BCUT2D eigenvalue weighted by molar-refractivity contribution is 0.0692. The molecule has 0 unspecified atom stereocenters. The van der Waals surface area contributed by atoms with Gasteiger partial charge in [-0.05, 0) is 30.7 Å². The van der Waals surface area contributed by atoms with Crippen LogP contribution in [0, 0.1) is 6.92 Å². The fraction of sp³-hybridized carbons (Fsp3) is 0.188. The molecule has 0 spiro atoms. The molecule has 2 rings (SSSR count). The highest BCUT2D eigenvalue weighted by Crippen LogP contribution is 2.18. The first-order valence-corrected chi connectivity index (χ1v) is 6.43. The third-order valence-electron chi connectivity index (χ3n) is 2.94. The molecule has 0 amide bonds. The number of anilines is 1. The maximum Gasteiger partial charge on any atom is 0.339 e. The molecule has 0 aliphatic rings. The number of hydrogen-bond acceptors (Lipinski definition) is 3. The number of carbonyl (C=O) groups is 1. The Morgan fingerprint density at radius 1 is 1.15 bits per heavy atom. The van der Waals surface area contributed by atoms with E-state index in [4.69, 9.17) is 9.84 Å². The van der Waals surface area contributed by atoms with E-state index < -0.39 is 5.97 Å². The van der Waals surface area contributed by atoms with Crippen LogP contribution >= 0.6 is 0 Å². The largest absolute Gasteiger partial charge is 0.491 e. The van der Waals surface area contributed by atoms with E-state index in [0.717, 1.165) is 5.69 Å². The van der Waals surface area contributed by atoms with E-state index in [1.54, 1.807) is 18.2 Å². The number of para-hydroxylation sites is 2. The molecule has 0 fully saturated rings. The number of nitrogens with one attached hydrogen (secondary N) is 1. The van der Waals surface area contributed by atoms with Crippen molar-refractivity contribution in [3.05, 3.63) is 59.7 Å². The molecule has 2 aromatic carbocycles. The minimum atomic E-state index is -0.979. The quantitative estimate of drug-likeness (QED) is 0.792. The van der Waals surface area contributed by atoms with Crippen molar-refractivity contribution in [1.29, 1.82) is 0 Å². The van der Waals surface area contributed by atoms with E-state index in [9.17, 15) is 4.79 Å². The Morgan fingerprint density at radius 3 is 2.60 bits per heavy atom. The van der Waals surface area contributed by atoms with E-state index in [2.05, 4.69) is 5.32 Å². The van der Waals surface area contributed by atoms with Gasteiger partial charge in [0.15, 0.2) is 0 Å². The molecule has 0 atom stereocenters. The predicted molar refractivity (Wildman–Crippen MR) is 78.6 cm³/mol. The van der Waals surface area contributed by atoms with Gasteiger partial charge in [0.2, 0.25) is 0 Å². The van der Waals surface area contributed by atoms with Crippen molar-refractivity contribution < 1.29 is 14.6 Å².